The fourth-order valence-electron chi connectivity index (χ4n) is 1.19. The van der Waals surface area contributed by atoms with Crippen molar-refractivity contribution in [3.05, 3.63) is 12.3 Å². The van der Waals surface area contributed by atoms with Crippen LogP contribution in [0.4, 0.5) is 5.82 Å². The molecule has 0 unspecified atom stereocenters. The van der Waals surface area contributed by atoms with E-state index >= 15 is 0 Å². The lowest BCUT2D eigenvalue weighted by atomic mass is 10.2. The summed E-state index contributed by atoms with van der Waals surface area (Å²) in [4.78, 5) is 11.4. The lowest BCUT2D eigenvalue weighted by Crippen LogP contribution is -2.25. The van der Waals surface area contributed by atoms with Crippen LogP contribution in [0.2, 0.25) is 0 Å². The number of ether oxygens (including phenoxy) is 1. The van der Waals surface area contributed by atoms with Crippen LogP contribution in [0, 0.1) is 0 Å². The number of carbonyl (C=O) groups is 1. The van der Waals surface area contributed by atoms with E-state index in [1.54, 1.807) is 4.68 Å². The van der Waals surface area contributed by atoms with Crippen LogP contribution in [-0.2, 0) is 16.6 Å². The lowest BCUT2D eigenvalue weighted by molar-refractivity contribution is -0.154. The molecule has 0 aliphatic carbocycles. The molecule has 0 radical (unpaired) electrons. The van der Waals surface area contributed by atoms with Crippen molar-refractivity contribution in [2.75, 3.05) is 11.9 Å². The maximum atomic E-state index is 11.4. The molecule has 0 aromatic carbocycles. The van der Waals surface area contributed by atoms with Gasteiger partial charge in [0.15, 0.2) is 0 Å². The van der Waals surface area contributed by atoms with E-state index in [0.29, 0.717) is 13.0 Å². The molecule has 0 saturated carbocycles. The maximum Gasteiger partial charge on any atom is 0.308 e. The van der Waals surface area contributed by atoms with Crippen molar-refractivity contribution in [3.8, 4) is 0 Å². The highest BCUT2D eigenvalue weighted by atomic mass is 16.6. The van der Waals surface area contributed by atoms with Gasteiger partial charge in [0.2, 0.25) is 0 Å². The molecule has 0 atom stereocenters. The molecular formula is C11H19N3O2. The van der Waals surface area contributed by atoms with Crippen LogP contribution in [0.1, 0.15) is 27.2 Å². The van der Waals surface area contributed by atoms with E-state index in [9.17, 15) is 4.79 Å². The molecule has 0 saturated heterocycles. The van der Waals surface area contributed by atoms with E-state index in [2.05, 4.69) is 10.4 Å². The van der Waals surface area contributed by atoms with Crippen molar-refractivity contribution >= 4 is 11.8 Å². The summed E-state index contributed by atoms with van der Waals surface area (Å²) in [5, 5.41) is 7.18. The van der Waals surface area contributed by atoms with Gasteiger partial charge in [0.1, 0.15) is 11.4 Å². The minimum Gasteiger partial charge on any atom is -0.460 e. The standard InChI is InChI=1S/C11H19N3O2/c1-11(2,3)16-10(15)5-7-12-9-6-8-14(4)13-9/h6,8H,5,7H2,1-4H3,(H,12,13). The molecule has 0 spiro atoms. The summed E-state index contributed by atoms with van der Waals surface area (Å²) >= 11 is 0. The second kappa shape index (κ2) is 5.01. The second-order valence-corrected chi connectivity index (χ2v) is 4.64. The van der Waals surface area contributed by atoms with Gasteiger partial charge in [-0.1, -0.05) is 0 Å². The normalized spacial score (nSPS) is 11.2. The average molecular weight is 225 g/mol. The number of hydrogen-bond acceptors (Lipinski definition) is 4. The Kier molecular flexibility index (Phi) is 3.93. The highest BCUT2D eigenvalue weighted by Crippen LogP contribution is 2.08. The fraction of sp³-hybridized carbons (Fsp3) is 0.636. The molecule has 0 amide bonds. The summed E-state index contributed by atoms with van der Waals surface area (Å²) in [5.74, 6) is 0.571. The number of aromatic nitrogens is 2. The van der Waals surface area contributed by atoms with Crippen LogP contribution in [-0.4, -0.2) is 27.9 Å². The number of nitrogens with one attached hydrogen (secondary N) is 1. The zero-order chi connectivity index (χ0) is 12.2. The Morgan fingerprint density at radius 1 is 1.56 bits per heavy atom. The number of aryl methyl sites for hydroxylation is 1. The molecule has 0 bridgehead atoms. The minimum atomic E-state index is -0.415. The van der Waals surface area contributed by atoms with Crippen molar-refractivity contribution < 1.29 is 9.53 Å². The Bertz CT molecular complexity index is 352. The largest absolute Gasteiger partial charge is 0.460 e. The maximum absolute atomic E-state index is 11.4. The third kappa shape index (κ3) is 4.82. The van der Waals surface area contributed by atoms with Gasteiger partial charge in [-0.05, 0) is 20.8 Å². The van der Waals surface area contributed by atoms with Crippen LogP contribution < -0.4 is 5.32 Å². The number of nitrogens with zero attached hydrogens (tertiary/aromatic N) is 2. The molecule has 1 aromatic heterocycles. The fourth-order valence-corrected chi connectivity index (χ4v) is 1.19. The first kappa shape index (κ1) is 12.5. The molecule has 5 heteroatoms. The highest BCUT2D eigenvalue weighted by Gasteiger charge is 2.15. The van der Waals surface area contributed by atoms with Crippen LogP contribution in [0.25, 0.3) is 0 Å². The average Bonchev–Trinajstić information content (AvgIpc) is 2.48. The van der Waals surface area contributed by atoms with Crippen LogP contribution in [0.3, 0.4) is 0 Å². The van der Waals surface area contributed by atoms with E-state index in [0.717, 1.165) is 5.82 Å². The van der Waals surface area contributed by atoms with E-state index < -0.39 is 5.60 Å². The third-order valence-electron chi connectivity index (χ3n) is 1.77. The molecule has 1 heterocycles. The van der Waals surface area contributed by atoms with Gasteiger partial charge in [-0.3, -0.25) is 9.48 Å². The van der Waals surface area contributed by atoms with Gasteiger partial charge in [-0.25, -0.2) is 0 Å². The van der Waals surface area contributed by atoms with Crippen molar-refractivity contribution in [2.24, 2.45) is 7.05 Å². The second-order valence-electron chi connectivity index (χ2n) is 4.64. The molecule has 5 nitrogen and oxygen atoms in total. The van der Waals surface area contributed by atoms with E-state index in [1.165, 1.54) is 0 Å². The van der Waals surface area contributed by atoms with E-state index in [4.69, 9.17) is 4.74 Å². The molecule has 16 heavy (non-hydrogen) atoms. The topological polar surface area (TPSA) is 56.2 Å². The van der Waals surface area contributed by atoms with Gasteiger partial charge in [0, 0.05) is 25.9 Å². The molecule has 1 rings (SSSR count). The van der Waals surface area contributed by atoms with Gasteiger partial charge >= 0.3 is 5.97 Å². The number of rotatable bonds is 4. The monoisotopic (exact) mass is 225 g/mol. The first-order chi connectivity index (χ1) is 7.37. The summed E-state index contributed by atoms with van der Waals surface area (Å²) in [7, 11) is 1.85. The summed E-state index contributed by atoms with van der Waals surface area (Å²) in [6.07, 6.45) is 2.18. The first-order valence-electron chi connectivity index (χ1n) is 5.32. The van der Waals surface area contributed by atoms with Gasteiger partial charge in [0.05, 0.1) is 6.42 Å². The van der Waals surface area contributed by atoms with Gasteiger partial charge < -0.3 is 10.1 Å². The van der Waals surface area contributed by atoms with Crippen LogP contribution in [0.15, 0.2) is 12.3 Å². The molecule has 0 aliphatic heterocycles. The van der Waals surface area contributed by atoms with Crippen LogP contribution in [0.5, 0.6) is 0 Å². The number of anilines is 1. The minimum absolute atomic E-state index is 0.198. The third-order valence-corrected chi connectivity index (χ3v) is 1.77. The Labute approximate surface area is 95.8 Å². The Morgan fingerprint density at radius 3 is 2.75 bits per heavy atom. The lowest BCUT2D eigenvalue weighted by Gasteiger charge is -2.19. The van der Waals surface area contributed by atoms with Crippen molar-refractivity contribution in [2.45, 2.75) is 32.8 Å². The smallest absolute Gasteiger partial charge is 0.308 e. The highest BCUT2D eigenvalue weighted by molar-refractivity contribution is 5.70. The predicted molar refractivity (Wildman–Crippen MR) is 62.2 cm³/mol. The Balaban J connectivity index is 2.23. The van der Waals surface area contributed by atoms with E-state index in [1.807, 2.05) is 40.1 Å². The SMILES string of the molecule is Cn1ccc(NCCC(=O)OC(C)(C)C)n1. The van der Waals surface area contributed by atoms with Gasteiger partial charge in [-0.15, -0.1) is 0 Å². The quantitative estimate of drug-likeness (QED) is 0.790. The molecule has 90 valence electrons. The van der Waals surface area contributed by atoms with Crippen LogP contribution >= 0.6 is 0 Å². The summed E-state index contributed by atoms with van der Waals surface area (Å²) in [6.45, 7) is 6.11. The molecule has 0 aliphatic rings. The van der Waals surface area contributed by atoms with E-state index in [-0.39, 0.29) is 5.97 Å². The van der Waals surface area contributed by atoms with Crippen molar-refractivity contribution in [1.29, 1.82) is 0 Å². The molecule has 1 aromatic rings. The van der Waals surface area contributed by atoms with Crippen molar-refractivity contribution in [1.82, 2.24) is 9.78 Å². The Hall–Kier alpha value is -1.52. The Morgan fingerprint density at radius 2 is 2.25 bits per heavy atom. The number of carbonyl (C=O) groups excluding carboxylic acids is 1. The first-order valence-corrected chi connectivity index (χ1v) is 5.32. The molecule has 1 N–H and O–H groups in total. The van der Waals surface area contributed by atoms with Crippen molar-refractivity contribution in [3.63, 3.8) is 0 Å². The zero-order valence-electron chi connectivity index (χ0n) is 10.3. The molecular weight excluding hydrogens is 206 g/mol. The summed E-state index contributed by atoms with van der Waals surface area (Å²) in [5.41, 5.74) is -0.415. The summed E-state index contributed by atoms with van der Waals surface area (Å²) < 4.78 is 6.88. The number of esters is 1. The number of hydrogen-bond donors (Lipinski definition) is 1. The predicted octanol–water partition coefficient (Wildman–Crippen LogP) is 1.56. The molecule has 0 fully saturated rings. The van der Waals surface area contributed by atoms with Gasteiger partial charge in [0.25, 0.3) is 0 Å². The van der Waals surface area contributed by atoms with Gasteiger partial charge in [-0.2, -0.15) is 5.10 Å². The zero-order valence-corrected chi connectivity index (χ0v) is 10.3. The summed E-state index contributed by atoms with van der Waals surface area (Å²) in [6, 6.07) is 1.86.